The summed E-state index contributed by atoms with van der Waals surface area (Å²) in [4.78, 5) is 28.7. The molecule has 0 bridgehead atoms. The number of rotatable bonds is 9. The van der Waals surface area contributed by atoms with Crippen LogP contribution in [0.3, 0.4) is 0 Å². The Labute approximate surface area is 176 Å². The molecular weight excluding hydrogens is 386 g/mol. The first-order valence-electron chi connectivity index (χ1n) is 9.53. The Balaban J connectivity index is 2.06. The van der Waals surface area contributed by atoms with Crippen molar-refractivity contribution in [3.05, 3.63) is 54.1 Å². The summed E-state index contributed by atoms with van der Waals surface area (Å²) in [5, 5.41) is 13.9. The maximum atomic E-state index is 12.6. The van der Waals surface area contributed by atoms with Crippen LogP contribution in [-0.4, -0.2) is 40.2 Å². The summed E-state index contributed by atoms with van der Waals surface area (Å²) in [5.74, 6) is -1.17. The van der Waals surface area contributed by atoms with Gasteiger partial charge in [-0.2, -0.15) is 5.26 Å². The molecule has 1 aromatic carbocycles. The molecule has 2 N–H and O–H groups in total. The zero-order chi connectivity index (χ0) is 22.0. The van der Waals surface area contributed by atoms with Crippen LogP contribution in [0.25, 0.3) is 0 Å². The Morgan fingerprint density at radius 3 is 2.63 bits per heavy atom. The number of benzene rings is 1. The average Bonchev–Trinajstić information content (AvgIpc) is 3.14. The van der Waals surface area contributed by atoms with Gasteiger partial charge in [0.05, 0.1) is 30.6 Å². The van der Waals surface area contributed by atoms with Gasteiger partial charge >= 0.3 is 6.09 Å². The highest BCUT2D eigenvalue weighted by molar-refractivity contribution is 5.84. The van der Waals surface area contributed by atoms with E-state index in [0.29, 0.717) is 12.3 Å². The number of carbonyl (C=O) groups excluding carboxylic acids is 2. The van der Waals surface area contributed by atoms with E-state index in [1.54, 1.807) is 37.9 Å². The lowest BCUT2D eigenvalue weighted by Crippen LogP contribution is -2.40. The van der Waals surface area contributed by atoms with E-state index in [1.165, 1.54) is 0 Å². The minimum absolute atomic E-state index is 0.0173. The highest BCUT2D eigenvalue weighted by Crippen LogP contribution is 2.16. The van der Waals surface area contributed by atoms with Gasteiger partial charge in [-0.15, -0.1) is 0 Å². The predicted molar refractivity (Wildman–Crippen MR) is 109 cm³/mol. The monoisotopic (exact) mass is 413 g/mol. The lowest BCUT2D eigenvalue weighted by molar-refractivity contribution is -0.122. The van der Waals surface area contributed by atoms with Gasteiger partial charge in [0.15, 0.2) is 0 Å². The third-order valence-corrected chi connectivity index (χ3v) is 3.95. The lowest BCUT2D eigenvalue weighted by atomic mass is 10.1. The number of hydrogen-bond donors (Lipinski definition) is 2. The Bertz CT molecular complexity index is 868. The minimum atomic E-state index is -0.770. The summed E-state index contributed by atoms with van der Waals surface area (Å²) in [6, 6.07) is 11.6. The summed E-state index contributed by atoms with van der Waals surface area (Å²) >= 11 is 0. The largest absolute Gasteiger partial charge is 0.444 e. The van der Waals surface area contributed by atoms with Crippen LogP contribution < -0.4 is 10.6 Å². The molecule has 9 nitrogen and oxygen atoms in total. The number of carbonyl (C=O) groups is 2. The normalized spacial score (nSPS) is 11.9. The fourth-order valence-corrected chi connectivity index (χ4v) is 2.65. The van der Waals surface area contributed by atoms with E-state index in [-0.39, 0.29) is 19.8 Å². The summed E-state index contributed by atoms with van der Waals surface area (Å²) in [5.41, 5.74) is 0.916. The van der Waals surface area contributed by atoms with Crippen molar-refractivity contribution in [2.45, 2.75) is 45.6 Å². The van der Waals surface area contributed by atoms with Crippen molar-refractivity contribution in [3.8, 4) is 6.07 Å². The van der Waals surface area contributed by atoms with Crippen LogP contribution in [0.15, 0.2) is 42.9 Å². The van der Waals surface area contributed by atoms with Gasteiger partial charge in [-0.3, -0.25) is 4.79 Å². The fourth-order valence-electron chi connectivity index (χ4n) is 2.65. The molecule has 0 aliphatic rings. The minimum Gasteiger partial charge on any atom is -0.444 e. The van der Waals surface area contributed by atoms with E-state index < -0.39 is 23.5 Å². The standard InChI is InChI=1S/C21H27N5O4/c1-21(2,3)30-20(28)25-11-17(19(27)24-10-9-22)18-12-23-14-26(18)15-29-13-16-7-5-4-6-8-16/h4-8,12,14,17H,10-11,13,15H2,1-3H3,(H,24,27)(H,25,28). The van der Waals surface area contributed by atoms with Crippen LogP contribution in [0.4, 0.5) is 4.79 Å². The van der Waals surface area contributed by atoms with Gasteiger partial charge in [0.1, 0.15) is 18.9 Å². The third kappa shape index (κ3) is 7.56. The molecule has 0 saturated carbocycles. The van der Waals surface area contributed by atoms with Gasteiger partial charge in [-0.05, 0) is 26.3 Å². The first kappa shape index (κ1) is 22.9. The first-order chi connectivity index (χ1) is 14.3. The average molecular weight is 413 g/mol. The molecular formula is C21H27N5O4. The van der Waals surface area contributed by atoms with Crippen molar-refractivity contribution >= 4 is 12.0 Å². The zero-order valence-corrected chi connectivity index (χ0v) is 17.4. The second-order valence-electron chi connectivity index (χ2n) is 7.56. The van der Waals surface area contributed by atoms with Crippen LogP contribution in [0.1, 0.15) is 37.9 Å². The second kappa shape index (κ2) is 11.0. The van der Waals surface area contributed by atoms with Crippen molar-refractivity contribution in [3.63, 3.8) is 0 Å². The highest BCUT2D eigenvalue weighted by Gasteiger charge is 2.26. The number of imidazole rings is 1. The molecule has 1 atom stereocenters. The number of nitriles is 1. The van der Waals surface area contributed by atoms with Gasteiger partial charge in [0.2, 0.25) is 5.91 Å². The van der Waals surface area contributed by atoms with E-state index in [2.05, 4.69) is 15.6 Å². The first-order valence-corrected chi connectivity index (χ1v) is 9.53. The van der Waals surface area contributed by atoms with Gasteiger partial charge in [-0.1, -0.05) is 30.3 Å². The molecule has 0 radical (unpaired) electrons. The fraction of sp³-hybridized carbons (Fsp3) is 0.429. The van der Waals surface area contributed by atoms with Crippen LogP contribution in [-0.2, 0) is 27.6 Å². The lowest BCUT2D eigenvalue weighted by Gasteiger charge is -2.22. The molecule has 160 valence electrons. The third-order valence-electron chi connectivity index (χ3n) is 3.95. The van der Waals surface area contributed by atoms with Gasteiger partial charge in [-0.25, -0.2) is 9.78 Å². The number of nitrogens with zero attached hydrogens (tertiary/aromatic N) is 3. The van der Waals surface area contributed by atoms with E-state index in [4.69, 9.17) is 14.7 Å². The van der Waals surface area contributed by atoms with Crippen LogP contribution in [0.2, 0.25) is 0 Å². The molecule has 1 unspecified atom stereocenters. The zero-order valence-electron chi connectivity index (χ0n) is 17.4. The quantitative estimate of drug-likeness (QED) is 0.609. The van der Waals surface area contributed by atoms with Crippen molar-refractivity contribution in [2.24, 2.45) is 0 Å². The number of aromatic nitrogens is 2. The molecule has 0 spiro atoms. The summed E-state index contributed by atoms with van der Waals surface area (Å²) in [6.45, 7) is 5.68. The maximum absolute atomic E-state index is 12.6. The van der Waals surface area contributed by atoms with Gasteiger partial charge < -0.3 is 24.7 Å². The number of ether oxygens (including phenoxy) is 2. The SMILES string of the molecule is CC(C)(C)OC(=O)NCC(C(=O)NCC#N)c1cncn1COCc1ccccc1. The van der Waals surface area contributed by atoms with Crippen molar-refractivity contribution in [1.29, 1.82) is 5.26 Å². The Kier molecular flexibility index (Phi) is 8.38. The number of alkyl carbamates (subject to hydrolysis) is 1. The number of amides is 2. The molecule has 30 heavy (non-hydrogen) atoms. The smallest absolute Gasteiger partial charge is 0.407 e. The van der Waals surface area contributed by atoms with E-state index >= 15 is 0 Å². The summed E-state index contributed by atoms with van der Waals surface area (Å²) in [7, 11) is 0. The maximum Gasteiger partial charge on any atom is 0.407 e. The van der Waals surface area contributed by atoms with E-state index in [9.17, 15) is 9.59 Å². The molecule has 1 heterocycles. The van der Waals surface area contributed by atoms with Crippen molar-refractivity contribution < 1.29 is 19.1 Å². The summed E-state index contributed by atoms with van der Waals surface area (Å²) in [6.07, 6.45) is 2.46. The van der Waals surface area contributed by atoms with E-state index in [0.717, 1.165) is 5.56 Å². The highest BCUT2D eigenvalue weighted by atomic mass is 16.6. The van der Waals surface area contributed by atoms with E-state index in [1.807, 2.05) is 36.4 Å². The Morgan fingerprint density at radius 1 is 1.23 bits per heavy atom. The van der Waals surface area contributed by atoms with Gasteiger partial charge in [0.25, 0.3) is 0 Å². The second-order valence-corrected chi connectivity index (χ2v) is 7.56. The van der Waals surface area contributed by atoms with Crippen LogP contribution >= 0.6 is 0 Å². The molecule has 0 aliphatic carbocycles. The van der Waals surface area contributed by atoms with Crippen LogP contribution in [0.5, 0.6) is 0 Å². The van der Waals surface area contributed by atoms with Crippen LogP contribution in [0, 0.1) is 11.3 Å². The van der Waals surface area contributed by atoms with Gasteiger partial charge in [0, 0.05) is 12.7 Å². The molecule has 2 amide bonds. The molecule has 2 aromatic rings. The Morgan fingerprint density at radius 2 is 1.97 bits per heavy atom. The molecule has 1 aromatic heterocycles. The van der Waals surface area contributed by atoms with Crippen molar-refractivity contribution in [2.75, 3.05) is 13.1 Å². The topological polar surface area (TPSA) is 118 Å². The molecule has 0 aliphatic heterocycles. The number of hydrogen-bond acceptors (Lipinski definition) is 6. The summed E-state index contributed by atoms with van der Waals surface area (Å²) < 4.78 is 12.7. The molecule has 2 rings (SSSR count). The molecule has 0 saturated heterocycles. The number of nitrogens with one attached hydrogen (secondary N) is 2. The molecule has 9 heteroatoms. The Hall–Kier alpha value is -3.38. The van der Waals surface area contributed by atoms with Crippen molar-refractivity contribution in [1.82, 2.24) is 20.2 Å². The molecule has 0 fully saturated rings. The predicted octanol–water partition coefficient (Wildman–Crippen LogP) is 2.31.